The molecule has 0 saturated carbocycles. The molecule has 0 spiro atoms. The highest BCUT2D eigenvalue weighted by Gasteiger charge is 2.50. The van der Waals surface area contributed by atoms with Gasteiger partial charge in [-0.05, 0) is 146 Å². The van der Waals surface area contributed by atoms with Crippen molar-refractivity contribution in [2.24, 2.45) is 10.9 Å². The zero-order chi connectivity index (χ0) is 46.6. The Hall–Kier alpha value is -4.77. The molecule has 4 aromatic carbocycles. The van der Waals surface area contributed by atoms with E-state index in [-0.39, 0.29) is 56.3 Å². The summed E-state index contributed by atoms with van der Waals surface area (Å²) in [5, 5.41) is 76.1. The van der Waals surface area contributed by atoms with Crippen molar-refractivity contribution in [1.29, 1.82) is 0 Å². The van der Waals surface area contributed by atoms with Gasteiger partial charge in [0, 0.05) is 49.5 Å². The molecule has 0 radical (unpaired) electrons. The Balaban J connectivity index is 1.29. The van der Waals surface area contributed by atoms with E-state index in [2.05, 4.69) is 59.1 Å². The number of phenols is 2. The highest BCUT2D eigenvalue weighted by atomic mass is 16.6. The zero-order valence-electron chi connectivity index (χ0n) is 38.8. The Morgan fingerprint density at radius 3 is 2.59 bits per heavy atom. The maximum atomic E-state index is 11.5. The summed E-state index contributed by atoms with van der Waals surface area (Å²) in [4.78, 5) is 4.61. The van der Waals surface area contributed by atoms with Crippen molar-refractivity contribution in [1.82, 2.24) is 16.0 Å². The number of nitrogens with zero attached hydrogens (tertiary/aromatic N) is 1. The van der Waals surface area contributed by atoms with Crippen LogP contribution in [0.2, 0.25) is 0 Å². The second-order valence-electron chi connectivity index (χ2n) is 19.2. The van der Waals surface area contributed by atoms with E-state index in [1.54, 1.807) is 12.1 Å². The molecule has 14 nitrogen and oxygen atoms in total. The lowest BCUT2D eigenvalue weighted by Crippen LogP contribution is -2.56. The van der Waals surface area contributed by atoms with Crippen LogP contribution in [-0.4, -0.2) is 114 Å². The van der Waals surface area contributed by atoms with Gasteiger partial charge >= 0.3 is 0 Å². The first-order valence-corrected chi connectivity index (χ1v) is 23.6. The number of phenolic OH excluding ortho intramolecular Hbond substituents is 2. The molecule has 0 bridgehead atoms. The van der Waals surface area contributed by atoms with Crippen LogP contribution in [0.1, 0.15) is 91.0 Å². The molecule has 1 aliphatic carbocycles. The number of rotatable bonds is 21. The van der Waals surface area contributed by atoms with Gasteiger partial charge in [0.1, 0.15) is 35.6 Å². The van der Waals surface area contributed by atoms with Crippen LogP contribution in [0.4, 0.5) is 0 Å². The Labute approximate surface area is 387 Å². The fraction of sp³-hybridized carbons (Fsp3) is 0.519. The van der Waals surface area contributed by atoms with Crippen molar-refractivity contribution in [3.8, 4) is 39.9 Å². The molecule has 4 aliphatic rings. The lowest BCUT2D eigenvalue weighted by Gasteiger charge is -2.47. The van der Waals surface area contributed by atoms with E-state index in [1.807, 2.05) is 32.2 Å². The largest absolute Gasteiger partial charge is 0.508 e. The number of aliphatic hydroxyl groups excluding tert-OH is 3. The standard InChI is InChI=1S/C52H68N4O10/c1-31(2)24-51(3,62)27-54-29-55-28-52(64-30-53-4)25-43-42-21-35(19-32-7-12-44-33(18-32)13-14-56-44)41-23-37(60)8-10-39(41)46(42)49-40(11-9-38(26-59)65-49)48(43)66-50(52)36-20-34(6-5-15-57)47(61)45(22-36)63-17-16-58/h7-8,10,12-13,18,20,22-23,31,35,38,50,53-55,57-62H,5-6,9,11,14-17,19,21,24-30H2,1-4H3. The molecule has 3 aliphatic heterocycles. The molecule has 5 unspecified atom stereocenters. The van der Waals surface area contributed by atoms with Crippen molar-refractivity contribution in [3.05, 3.63) is 98.1 Å². The van der Waals surface area contributed by atoms with Gasteiger partial charge in [-0.15, -0.1) is 0 Å². The highest BCUT2D eigenvalue weighted by Crippen LogP contribution is 2.58. The van der Waals surface area contributed by atoms with E-state index in [1.165, 1.54) is 5.56 Å². The van der Waals surface area contributed by atoms with Crippen LogP contribution in [0.15, 0.2) is 53.5 Å². The minimum atomic E-state index is -1.09. The summed E-state index contributed by atoms with van der Waals surface area (Å²) < 4.78 is 27.3. The first kappa shape index (κ1) is 47.7. The van der Waals surface area contributed by atoms with Crippen molar-refractivity contribution in [2.45, 2.75) is 101 Å². The summed E-state index contributed by atoms with van der Waals surface area (Å²) in [6, 6.07) is 15.7. The van der Waals surface area contributed by atoms with Gasteiger partial charge in [0.2, 0.25) is 0 Å². The summed E-state index contributed by atoms with van der Waals surface area (Å²) in [6.45, 7) is 7.42. The number of hydrogen-bond donors (Lipinski definition) is 9. The number of ether oxygens (including phenoxy) is 4. The lowest BCUT2D eigenvalue weighted by molar-refractivity contribution is -0.129. The van der Waals surface area contributed by atoms with Crippen LogP contribution in [0.3, 0.4) is 0 Å². The quantitative estimate of drug-likeness (QED) is 0.0434. The first-order chi connectivity index (χ1) is 31.9. The van der Waals surface area contributed by atoms with Gasteiger partial charge in [0.05, 0.1) is 37.4 Å². The van der Waals surface area contributed by atoms with Gasteiger partial charge in [-0.2, -0.15) is 0 Å². The number of aromatic hydroxyl groups is 2. The zero-order valence-corrected chi connectivity index (χ0v) is 38.8. The van der Waals surface area contributed by atoms with E-state index in [4.69, 9.17) is 18.9 Å². The number of aryl methyl sites for hydroxylation is 1. The van der Waals surface area contributed by atoms with Crippen LogP contribution in [-0.2, 0) is 36.8 Å². The van der Waals surface area contributed by atoms with E-state index < -0.39 is 23.4 Å². The van der Waals surface area contributed by atoms with Crippen molar-refractivity contribution in [2.75, 3.05) is 66.5 Å². The van der Waals surface area contributed by atoms with Crippen LogP contribution >= 0.6 is 0 Å². The van der Waals surface area contributed by atoms with Gasteiger partial charge in [0.15, 0.2) is 17.6 Å². The topological polar surface area (TPSA) is 207 Å². The Bertz CT molecular complexity index is 2460. The summed E-state index contributed by atoms with van der Waals surface area (Å²) in [7, 11) is 1.83. The van der Waals surface area contributed by atoms with Crippen LogP contribution in [0.25, 0.3) is 17.2 Å². The molecular formula is C52H68N4O10. The molecule has 14 heteroatoms. The maximum absolute atomic E-state index is 11.5. The van der Waals surface area contributed by atoms with Gasteiger partial charge in [-0.25, -0.2) is 0 Å². The van der Waals surface area contributed by atoms with Crippen molar-refractivity contribution >= 4 is 6.08 Å². The molecular weight excluding hydrogens is 841 g/mol. The smallest absolute Gasteiger partial charge is 0.161 e. The number of fused-ring (bicyclic) bond motifs is 9. The van der Waals surface area contributed by atoms with E-state index in [9.17, 15) is 30.6 Å². The normalized spacial score (nSPS) is 21.3. The van der Waals surface area contributed by atoms with E-state index in [0.29, 0.717) is 106 Å². The predicted octanol–water partition coefficient (Wildman–Crippen LogP) is 3.59. The lowest BCUT2D eigenvalue weighted by atomic mass is 9.70. The van der Waals surface area contributed by atoms with Crippen molar-refractivity contribution in [3.63, 3.8) is 0 Å². The summed E-state index contributed by atoms with van der Waals surface area (Å²) >= 11 is 0. The monoisotopic (exact) mass is 908 g/mol. The molecule has 0 aromatic heterocycles. The molecule has 356 valence electrons. The molecule has 5 atom stereocenters. The molecule has 0 fully saturated rings. The predicted molar refractivity (Wildman–Crippen MR) is 252 cm³/mol. The fourth-order valence-electron chi connectivity index (χ4n) is 10.7. The molecule has 3 heterocycles. The average molecular weight is 909 g/mol. The van der Waals surface area contributed by atoms with Crippen LogP contribution in [0, 0.1) is 5.92 Å². The molecule has 0 saturated heterocycles. The summed E-state index contributed by atoms with van der Waals surface area (Å²) in [6.07, 6.45) is 5.25. The highest BCUT2D eigenvalue weighted by molar-refractivity contribution is 5.85. The second-order valence-corrected chi connectivity index (χ2v) is 19.2. The average Bonchev–Trinajstić information content (AvgIpc) is 3.77. The Morgan fingerprint density at radius 2 is 1.82 bits per heavy atom. The maximum Gasteiger partial charge on any atom is 0.161 e. The molecule has 9 N–H and O–H groups in total. The summed E-state index contributed by atoms with van der Waals surface area (Å²) in [5.41, 5.74) is 6.32. The number of benzene rings is 4. The first-order valence-electron chi connectivity index (χ1n) is 23.6. The van der Waals surface area contributed by atoms with Crippen molar-refractivity contribution < 1.29 is 49.6 Å². The Morgan fingerprint density at radius 1 is 0.970 bits per heavy atom. The van der Waals surface area contributed by atoms with Gasteiger partial charge < -0.3 is 60.2 Å². The minimum Gasteiger partial charge on any atom is -0.508 e. The summed E-state index contributed by atoms with van der Waals surface area (Å²) in [5.74, 6) is 1.99. The van der Waals surface area contributed by atoms with Crippen LogP contribution in [0.5, 0.6) is 28.7 Å². The molecule has 4 aromatic rings. The fourth-order valence-corrected chi connectivity index (χ4v) is 10.7. The number of nitrogens with one attached hydrogen (secondary N) is 3. The molecule has 66 heavy (non-hydrogen) atoms. The van der Waals surface area contributed by atoms with Gasteiger partial charge in [-0.3, -0.25) is 10.3 Å². The Kier molecular flexibility index (Phi) is 14.9. The minimum absolute atomic E-state index is 0.0286. The van der Waals surface area contributed by atoms with Gasteiger partial charge in [0.25, 0.3) is 0 Å². The molecule has 8 rings (SSSR count). The SMILES string of the molecule is CNCOC1(CNCNCC(C)(O)CC(C)C)Cc2c3c(c4c(c2OC1c1cc(CCCO)c(O)c(OCCO)c1)CCC(CO)O4)-c1ccc(O)cc1C(Cc1ccc2c(c1)=CCN=2)C3. The third-order valence-electron chi connectivity index (χ3n) is 13.4. The number of hydrogen-bond acceptors (Lipinski definition) is 14. The third-order valence-corrected chi connectivity index (χ3v) is 13.4. The molecule has 0 amide bonds. The van der Waals surface area contributed by atoms with Gasteiger partial charge in [-0.1, -0.05) is 32.1 Å². The number of aliphatic hydroxyl groups is 4. The second kappa shape index (κ2) is 20.6. The van der Waals surface area contributed by atoms with E-state index >= 15 is 0 Å². The van der Waals surface area contributed by atoms with E-state index in [0.717, 1.165) is 44.0 Å². The van der Waals surface area contributed by atoms with Crippen LogP contribution < -0.4 is 40.7 Å². The third kappa shape index (κ3) is 10.1.